The molecule has 0 fully saturated rings. The average Bonchev–Trinajstić information content (AvgIpc) is 1.61. The maximum absolute atomic E-state index is 11.5. The predicted molar refractivity (Wildman–Crippen MR) is 27.4 cm³/mol. The molecule has 0 aromatic heterocycles. The zero-order valence-corrected chi connectivity index (χ0v) is 4.74. The Morgan fingerprint density at radius 3 is 2.50 bits per heavy atom. The van der Waals surface area contributed by atoms with E-state index in [4.69, 9.17) is 0 Å². The molecule has 0 aromatic rings. The first-order valence-electron chi connectivity index (χ1n) is 1.78. The van der Waals surface area contributed by atoms with Gasteiger partial charge in [-0.05, 0) is 0 Å². The Kier molecular flexibility index (Phi) is 3.19. The number of ether oxygens (including phenoxy) is 1. The molecule has 0 unspecified atom stereocenters. The van der Waals surface area contributed by atoms with Crippen molar-refractivity contribution in [2.75, 3.05) is 6.61 Å². The summed E-state index contributed by atoms with van der Waals surface area (Å²) >= 11 is 4.65. The van der Waals surface area contributed by atoms with Gasteiger partial charge in [0.1, 0.15) is 12.4 Å². The molecule has 4 heteroatoms. The number of hydrogen-bond donors (Lipinski definition) is 0. The summed E-state index contributed by atoms with van der Waals surface area (Å²) in [6.07, 6.45) is 0. The average molecular weight is 139 g/mol. The third-order valence-electron chi connectivity index (χ3n) is 0.342. The summed E-state index contributed by atoms with van der Waals surface area (Å²) < 4.78 is 15.5. The summed E-state index contributed by atoms with van der Waals surface area (Å²) in [5.74, 6) is -0.723. The smallest absolute Gasteiger partial charge is 0.404 e. The van der Waals surface area contributed by atoms with Crippen molar-refractivity contribution < 1.29 is 13.9 Å². The Morgan fingerprint density at radius 1 is 1.88 bits per heavy atom. The molecule has 2 nitrogen and oxygen atoms in total. The SMILES string of the molecule is C=C(F)COC(=O)Cl. The number of carbonyl (C=O) groups is 1. The van der Waals surface area contributed by atoms with Gasteiger partial charge in [-0.25, -0.2) is 9.18 Å². The Hall–Kier alpha value is -0.570. The van der Waals surface area contributed by atoms with Gasteiger partial charge >= 0.3 is 5.43 Å². The normalized spacial score (nSPS) is 8.25. The number of rotatable bonds is 2. The highest BCUT2D eigenvalue weighted by molar-refractivity contribution is 6.61. The standard InChI is InChI=1S/C4H4ClFO2/c1-3(6)2-8-4(5)7/h1-2H2. The van der Waals surface area contributed by atoms with Gasteiger partial charge in [0, 0.05) is 11.6 Å². The monoisotopic (exact) mass is 138 g/mol. The summed E-state index contributed by atoms with van der Waals surface area (Å²) in [6, 6.07) is 0. The fraction of sp³-hybridized carbons (Fsp3) is 0.250. The van der Waals surface area contributed by atoms with Gasteiger partial charge in [0.05, 0.1) is 0 Å². The van der Waals surface area contributed by atoms with Gasteiger partial charge in [0.25, 0.3) is 0 Å². The van der Waals surface area contributed by atoms with E-state index in [0.29, 0.717) is 0 Å². The summed E-state index contributed by atoms with van der Waals surface area (Å²) in [7, 11) is 0. The summed E-state index contributed by atoms with van der Waals surface area (Å²) in [5.41, 5.74) is -1.02. The number of halogens is 2. The van der Waals surface area contributed by atoms with Crippen molar-refractivity contribution in [3.63, 3.8) is 0 Å². The topological polar surface area (TPSA) is 26.3 Å². The minimum atomic E-state index is -1.02. The molecular formula is C4H4ClFO2. The van der Waals surface area contributed by atoms with Crippen molar-refractivity contribution in [2.24, 2.45) is 0 Å². The Bertz CT molecular complexity index is 98.6. The van der Waals surface area contributed by atoms with Gasteiger partial charge in [-0.15, -0.1) is 0 Å². The van der Waals surface area contributed by atoms with E-state index in [2.05, 4.69) is 22.9 Å². The van der Waals surface area contributed by atoms with Crippen LogP contribution >= 0.6 is 11.6 Å². The molecule has 0 rings (SSSR count). The highest BCUT2D eigenvalue weighted by Crippen LogP contribution is 1.94. The number of carbonyl (C=O) groups excluding carboxylic acids is 1. The molecule has 0 aliphatic rings. The Balaban J connectivity index is 3.18. The molecule has 0 aliphatic carbocycles. The van der Waals surface area contributed by atoms with E-state index in [0.717, 1.165) is 0 Å². The van der Waals surface area contributed by atoms with Crippen molar-refractivity contribution in [3.05, 3.63) is 12.4 Å². The van der Waals surface area contributed by atoms with Gasteiger partial charge in [-0.2, -0.15) is 0 Å². The van der Waals surface area contributed by atoms with Crippen LogP contribution in [0.2, 0.25) is 0 Å². The second kappa shape index (κ2) is 3.43. The van der Waals surface area contributed by atoms with E-state index >= 15 is 0 Å². The first kappa shape index (κ1) is 7.43. The van der Waals surface area contributed by atoms with Crippen LogP contribution in [-0.2, 0) is 4.74 Å². The molecule has 0 radical (unpaired) electrons. The van der Waals surface area contributed by atoms with Gasteiger partial charge in [0.15, 0.2) is 0 Å². The van der Waals surface area contributed by atoms with Crippen LogP contribution in [0.1, 0.15) is 0 Å². The maximum atomic E-state index is 11.5. The third kappa shape index (κ3) is 5.43. The Morgan fingerprint density at radius 2 is 2.38 bits per heavy atom. The van der Waals surface area contributed by atoms with Gasteiger partial charge in [-0.1, -0.05) is 6.58 Å². The molecule has 0 aliphatic heterocycles. The molecule has 0 N–H and O–H groups in total. The van der Waals surface area contributed by atoms with E-state index in [1.165, 1.54) is 0 Å². The fourth-order valence-corrected chi connectivity index (χ4v) is 0.190. The molecule has 8 heavy (non-hydrogen) atoms. The molecule has 0 bridgehead atoms. The lowest BCUT2D eigenvalue weighted by Gasteiger charge is -1.92. The second-order valence-electron chi connectivity index (χ2n) is 1.04. The third-order valence-corrected chi connectivity index (χ3v) is 0.451. The minimum absolute atomic E-state index is 0.456. The molecule has 0 spiro atoms. The molecule has 0 heterocycles. The zero-order valence-electron chi connectivity index (χ0n) is 3.99. The van der Waals surface area contributed by atoms with E-state index in [9.17, 15) is 9.18 Å². The van der Waals surface area contributed by atoms with Crippen LogP contribution in [0.5, 0.6) is 0 Å². The largest absolute Gasteiger partial charge is 0.446 e. The minimum Gasteiger partial charge on any atom is -0.446 e. The summed E-state index contributed by atoms with van der Waals surface area (Å²) in [4.78, 5) is 9.68. The van der Waals surface area contributed by atoms with Crippen molar-refractivity contribution >= 4 is 17.0 Å². The van der Waals surface area contributed by atoms with Crippen LogP contribution in [0, 0.1) is 0 Å². The first-order chi connectivity index (χ1) is 3.63. The van der Waals surface area contributed by atoms with Crippen LogP contribution in [0.4, 0.5) is 9.18 Å². The lowest BCUT2D eigenvalue weighted by atomic mass is 10.6. The number of hydrogen-bond acceptors (Lipinski definition) is 2. The molecular weight excluding hydrogens is 134 g/mol. The fourth-order valence-electron chi connectivity index (χ4n) is 0.135. The van der Waals surface area contributed by atoms with Crippen LogP contribution in [0.25, 0.3) is 0 Å². The van der Waals surface area contributed by atoms with Gasteiger partial charge in [0.2, 0.25) is 0 Å². The molecule has 0 saturated heterocycles. The van der Waals surface area contributed by atoms with Crippen molar-refractivity contribution in [1.82, 2.24) is 0 Å². The molecule has 46 valence electrons. The van der Waals surface area contributed by atoms with E-state index in [-0.39, 0.29) is 0 Å². The first-order valence-corrected chi connectivity index (χ1v) is 2.16. The molecule has 0 amide bonds. The predicted octanol–water partition coefficient (Wildman–Crippen LogP) is 1.84. The second-order valence-corrected chi connectivity index (χ2v) is 1.35. The van der Waals surface area contributed by atoms with Crippen LogP contribution in [0.15, 0.2) is 12.4 Å². The maximum Gasteiger partial charge on any atom is 0.404 e. The van der Waals surface area contributed by atoms with Crippen LogP contribution < -0.4 is 0 Å². The van der Waals surface area contributed by atoms with Crippen LogP contribution in [-0.4, -0.2) is 12.0 Å². The summed E-state index contributed by atoms with van der Waals surface area (Å²) in [6.45, 7) is 2.37. The van der Waals surface area contributed by atoms with Gasteiger partial charge < -0.3 is 4.74 Å². The molecule has 0 atom stereocenters. The summed E-state index contributed by atoms with van der Waals surface area (Å²) in [5, 5.41) is 0. The van der Waals surface area contributed by atoms with Crippen molar-refractivity contribution in [1.29, 1.82) is 0 Å². The Labute approximate surface area is 50.9 Å². The highest BCUT2D eigenvalue weighted by atomic mass is 35.5. The van der Waals surface area contributed by atoms with E-state index in [1.807, 2.05) is 0 Å². The van der Waals surface area contributed by atoms with E-state index in [1.54, 1.807) is 0 Å². The zero-order chi connectivity index (χ0) is 6.57. The van der Waals surface area contributed by atoms with Crippen molar-refractivity contribution in [2.45, 2.75) is 0 Å². The van der Waals surface area contributed by atoms with Crippen molar-refractivity contribution in [3.8, 4) is 0 Å². The quantitative estimate of drug-likeness (QED) is 0.545. The van der Waals surface area contributed by atoms with Crippen LogP contribution in [0.3, 0.4) is 0 Å². The lowest BCUT2D eigenvalue weighted by Crippen LogP contribution is -1.95. The lowest BCUT2D eigenvalue weighted by molar-refractivity contribution is 0.177. The molecule has 0 saturated carbocycles. The highest BCUT2D eigenvalue weighted by Gasteiger charge is 1.95. The molecule has 0 aromatic carbocycles. The van der Waals surface area contributed by atoms with E-state index < -0.39 is 17.9 Å². The van der Waals surface area contributed by atoms with Gasteiger partial charge in [-0.3, -0.25) is 0 Å².